The zero-order valence-corrected chi connectivity index (χ0v) is 6.47. The second-order valence-electron chi connectivity index (χ2n) is 2.32. The molecular formula is C7H10ClNO. The molecule has 1 amide bonds. The van der Waals surface area contributed by atoms with Crippen LogP contribution in [0.4, 0.5) is 0 Å². The van der Waals surface area contributed by atoms with E-state index in [9.17, 15) is 4.79 Å². The number of hydrogen-bond acceptors (Lipinski definition) is 1. The van der Waals surface area contributed by atoms with Gasteiger partial charge in [-0.05, 0) is 25.3 Å². The molecule has 0 spiro atoms. The van der Waals surface area contributed by atoms with Crippen molar-refractivity contribution >= 4 is 18.0 Å². The number of nitrogens with zero attached hydrogens (tertiary/aromatic N) is 1. The number of amides is 1. The summed E-state index contributed by atoms with van der Waals surface area (Å²) in [4.78, 5) is 11.9. The summed E-state index contributed by atoms with van der Waals surface area (Å²) >= 11 is 5.74. The minimum atomic E-state index is 0.576. The van der Waals surface area contributed by atoms with Crippen LogP contribution in [0.3, 0.4) is 0 Å². The molecule has 0 radical (unpaired) electrons. The van der Waals surface area contributed by atoms with Crippen molar-refractivity contribution in [1.29, 1.82) is 0 Å². The lowest BCUT2D eigenvalue weighted by atomic mass is 10.2. The quantitative estimate of drug-likeness (QED) is 0.421. The fraction of sp³-hybridized carbons (Fsp3) is 0.571. The molecular weight excluding hydrogens is 150 g/mol. The zero-order chi connectivity index (χ0) is 7.40. The smallest absolute Gasteiger partial charge is 0.214 e. The Kier molecular flexibility index (Phi) is 2.75. The van der Waals surface area contributed by atoms with Crippen LogP contribution in [0.2, 0.25) is 0 Å². The van der Waals surface area contributed by atoms with Crippen LogP contribution in [0.25, 0.3) is 0 Å². The number of allylic oxidation sites excluding steroid dienone is 1. The van der Waals surface area contributed by atoms with Gasteiger partial charge in [0.25, 0.3) is 0 Å². The van der Waals surface area contributed by atoms with E-state index in [0.717, 1.165) is 32.2 Å². The lowest BCUT2D eigenvalue weighted by Crippen LogP contribution is -2.18. The number of hydrogen-bond donors (Lipinski definition) is 0. The fourth-order valence-electron chi connectivity index (χ4n) is 0.975. The summed E-state index contributed by atoms with van der Waals surface area (Å²) < 4.78 is 0. The Balaban J connectivity index is 2.60. The maximum atomic E-state index is 10.3. The summed E-state index contributed by atoms with van der Waals surface area (Å²) in [6.45, 7) is 0.763. The van der Waals surface area contributed by atoms with Gasteiger partial charge in [0.2, 0.25) is 6.41 Å². The highest BCUT2D eigenvalue weighted by atomic mass is 35.5. The second kappa shape index (κ2) is 3.62. The molecule has 10 heavy (non-hydrogen) atoms. The standard InChI is InChI=1S/C7H10ClNO/c8-7-4-2-1-3-5-9(7)6-10/h4,6H,1-3,5H2. The third-order valence-electron chi connectivity index (χ3n) is 1.57. The molecule has 3 heteroatoms. The van der Waals surface area contributed by atoms with Gasteiger partial charge in [-0.25, -0.2) is 0 Å². The normalized spacial score (nSPS) is 19.7. The molecule has 1 aliphatic heterocycles. The van der Waals surface area contributed by atoms with Crippen LogP contribution in [-0.2, 0) is 4.79 Å². The van der Waals surface area contributed by atoms with Gasteiger partial charge in [-0.3, -0.25) is 4.79 Å². The van der Waals surface area contributed by atoms with Crippen molar-refractivity contribution in [3.63, 3.8) is 0 Å². The Morgan fingerprint density at radius 1 is 1.60 bits per heavy atom. The lowest BCUT2D eigenvalue weighted by molar-refractivity contribution is -0.116. The summed E-state index contributed by atoms with van der Waals surface area (Å²) in [6, 6.07) is 0. The van der Waals surface area contributed by atoms with Gasteiger partial charge in [0.15, 0.2) is 0 Å². The minimum Gasteiger partial charge on any atom is -0.306 e. The van der Waals surface area contributed by atoms with E-state index < -0.39 is 0 Å². The molecule has 0 aromatic carbocycles. The van der Waals surface area contributed by atoms with Crippen LogP contribution < -0.4 is 0 Å². The molecule has 56 valence electrons. The monoisotopic (exact) mass is 159 g/mol. The van der Waals surface area contributed by atoms with Gasteiger partial charge in [0.1, 0.15) is 5.16 Å². The van der Waals surface area contributed by atoms with E-state index in [4.69, 9.17) is 11.6 Å². The number of carbonyl (C=O) groups is 1. The topological polar surface area (TPSA) is 20.3 Å². The summed E-state index contributed by atoms with van der Waals surface area (Å²) in [6.07, 6.45) is 5.84. The van der Waals surface area contributed by atoms with E-state index in [-0.39, 0.29) is 0 Å². The number of rotatable bonds is 1. The van der Waals surface area contributed by atoms with Crippen LogP contribution in [0.1, 0.15) is 19.3 Å². The molecule has 0 unspecified atom stereocenters. The number of halogens is 1. The molecule has 2 nitrogen and oxygen atoms in total. The van der Waals surface area contributed by atoms with Gasteiger partial charge in [-0.15, -0.1) is 0 Å². The maximum Gasteiger partial charge on any atom is 0.214 e. The van der Waals surface area contributed by atoms with Crippen molar-refractivity contribution in [2.45, 2.75) is 19.3 Å². The SMILES string of the molecule is O=CN1CCCCC=C1Cl. The average Bonchev–Trinajstić information content (AvgIpc) is 2.13. The van der Waals surface area contributed by atoms with Crippen molar-refractivity contribution in [1.82, 2.24) is 4.90 Å². The third-order valence-corrected chi connectivity index (χ3v) is 1.94. The molecule has 0 saturated heterocycles. The van der Waals surface area contributed by atoms with Gasteiger partial charge in [-0.1, -0.05) is 11.6 Å². The van der Waals surface area contributed by atoms with Crippen LogP contribution in [0.15, 0.2) is 11.2 Å². The maximum absolute atomic E-state index is 10.3. The first kappa shape index (κ1) is 7.61. The van der Waals surface area contributed by atoms with E-state index in [1.807, 2.05) is 6.08 Å². The molecule has 0 atom stereocenters. The Bertz CT molecular complexity index is 156. The second-order valence-corrected chi connectivity index (χ2v) is 2.71. The summed E-state index contributed by atoms with van der Waals surface area (Å²) in [5.74, 6) is 0. The minimum absolute atomic E-state index is 0.576. The first-order chi connectivity index (χ1) is 4.84. The van der Waals surface area contributed by atoms with Crippen molar-refractivity contribution < 1.29 is 4.79 Å². The van der Waals surface area contributed by atoms with Gasteiger partial charge < -0.3 is 4.90 Å². The van der Waals surface area contributed by atoms with Gasteiger partial charge >= 0.3 is 0 Å². The molecule has 0 aromatic heterocycles. The highest BCUT2D eigenvalue weighted by molar-refractivity contribution is 6.29. The molecule has 0 aromatic rings. The van der Waals surface area contributed by atoms with E-state index in [1.165, 1.54) is 4.90 Å². The van der Waals surface area contributed by atoms with E-state index >= 15 is 0 Å². The van der Waals surface area contributed by atoms with Crippen molar-refractivity contribution in [2.24, 2.45) is 0 Å². The third kappa shape index (κ3) is 1.74. The van der Waals surface area contributed by atoms with Crippen LogP contribution in [0, 0.1) is 0 Å². The van der Waals surface area contributed by atoms with Gasteiger partial charge in [-0.2, -0.15) is 0 Å². The Morgan fingerprint density at radius 2 is 2.40 bits per heavy atom. The van der Waals surface area contributed by atoms with E-state index in [2.05, 4.69) is 0 Å². The Hall–Kier alpha value is -0.500. The first-order valence-electron chi connectivity index (χ1n) is 3.42. The van der Waals surface area contributed by atoms with Crippen LogP contribution in [0.5, 0.6) is 0 Å². The van der Waals surface area contributed by atoms with E-state index in [0.29, 0.717) is 5.16 Å². The molecule has 0 fully saturated rings. The largest absolute Gasteiger partial charge is 0.306 e. The predicted octanol–water partition coefficient (Wildman–Crippen LogP) is 1.71. The van der Waals surface area contributed by atoms with E-state index in [1.54, 1.807) is 0 Å². The lowest BCUT2D eigenvalue weighted by Gasteiger charge is -2.12. The summed E-state index contributed by atoms with van der Waals surface area (Å²) in [5.41, 5.74) is 0. The Labute approximate surface area is 65.5 Å². The molecule has 1 heterocycles. The molecule has 0 bridgehead atoms. The van der Waals surface area contributed by atoms with Crippen molar-refractivity contribution in [2.75, 3.05) is 6.54 Å². The highest BCUT2D eigenvalue weighted by Crippen LogP contribution is 2.15. The van der Waals surface area contributed by atoms with Gasteiger partial charge in [0, 0.05) is 6.54 Å². The van der Waals surface area contributed by atoms with Gasteiger partial charge in [0.05, 0.1) is 0 Å². The van der Waals surface area contributed by atoms with Crippen molar-refractivity contribution in [3.05, 3.63) is 11.2 Å². The van der Waals surface area contributed by atoms with Crippen LogP contribution in [-0.4, -0.2) is 17.9 Å². The summed E-state index contributed by atoms with van der Waals surface area (Å²) in [7, 11) is 0. The summed E-state index contributed by atoms with van der Waals surface area (Å²) in [5, 5.41) is 0.576. The zero-order valence-electron chi connectivity index (χ0n) is 5.72. The predicted molar refractivity (Wildman–Crippen MR) is 40.6 cm³/mol. The highest BCUT2D eigenvalue weighted by Gasteiger charge is 2.07. The average molecular weight is 160 g/mol. The molecule has 1 aliphatic rings. The fourth-order valence-corrected chi connectivity index (χ4v) is 1.21. The van der Waals surface area contributed by atoms with Crippen LogP contribution >= 0.6 is 11.6 Å². The van der Waals surface area contributed by atoms with Crippen molar-refractivity contribution in [3.8, 4) is 0 Å². The molecule has 1 rings (SSSR count). The molecule has 0 aliphatic carbocycles. The first-order valence-corrected chi connectivity index (χ1v) is 3.80. The molecule has 0 saturated carbocycles. The Morgan fingerprint density at radius 3 is 3.10 bits per heavy atom. The molecule has 0 N–H and O–H groups in total. The number of carbonyl (C=O) groups excluding carboxylic acids is 1.